The number of aryl methyl sites for hydroxylation is 3. The lowest BCUT2D eigenvalue weighted by Crippen LogP contribution is -2.06. The average Bonchev–Trinajstić information content (AvgIpc) is 2.60. The molecule has 1 heterocycles. The third-order valence-electron chi connectivity index (χ3n) is 4.25. The number of methoxy groups -OCH3 is 1. The van der Waals surface area contributed by atoms with Crippen LogP contribution in [0, 0.1) is 11.6 Å². The first kappa shape index (κ1) is 17.1. The van der Waals surface area contributed by atoms with Crippen LogP contribution >= 0.6 is 0 Å². The highest BCUT2D eigenvalue weighted by atomic mass is 19.1. The van der Waals surface area contributed by atoms with Gasteiger partial charge in [0.25, 0.3) is 0 Å². The fourth-order valence-corrected chi connectivity index (χ4v) is 2.85. The zero-order valence-electron chi connectivity index (χ0n) is 14.1. The van der Waals surface area contributed by atoms with Gasteiger partial charge in [0.2, 0.25) is 0 Å². The Bertz CT molecular complexity index is 977. The molecule has 0 saturated carbocycles. The molecule has 3 nitrogen and oxygen atoms in total. The molecule has 0 bridgehead atoms. The van der Waals surface area contributed by atoms with Crippen molar-refractivity contribution in [3.8, 4) is 5.75 Å². The van der Waals surface area contributed by atoms with Crippen LogP contribution in [0.5, 0.6) is 5.75 Å². The Hall–Kier alpha value is -2.69. The lowest BCUT2D eigenvalue weighted by Gasteiger charge is -2.08. The Balaban J connectivity index is 1.89. The molecule has 0 spiro atoms. The maximum Gasteiger partial charge on any atom is 0.346 e. The van der Waals surface area contributed by atoms with Crippen LogP contribution < -0.4 is 10.4 Å². The van der Waals surface area contributed by atoms with Crippen molar-refractivity contribution in [3.05, 3.63) is 75.3 Å². The molecule has 3 aromatic rings. The van der Waals surface area contributed by atoms with Crippen molar-refractivity contribution in [1.29, 1.82) is 0 Å². The highest BCUT2D eigenvalue weighted by Gasteiger charge is 2.13. The molecule has 3 rings (SSSR count). The summed E-state index contributed by atoms with van der Waals surface area (Å²) in [5.74, 6) is -0.321. The van der Waals surface area contributed by atoms with E-state index in [0.717, 1.165) is 5.56 Å². The van der Waals surface area contributed by atoms with Gasteiger partial charge in [-0.3, -0.25) is 0 Å². The largest absolute Gasteiger partial charge is 0.494 e. The minimum atomic E-state index is -0.663. The van der Waals surface area contributed by atoms with E-state index in [4.69, 9.17) is 9.15 Å². The zero-order valence-corrected chi connectivity index (χ0v) is 14.1. The van der Waals surface area contributed by atoms with Gasteiger partial charge in [-0.15, -0.1) is 0 Å². The summed E-state index contributed by atoms with van der Waals surface area (Å²) in [5, 5.41) is 0.500. The van der Waals surface area contributed by atoms with Gasteiger partial charge >= 0.3 is 5.63 Å². The molecule has 0 aliphatic rings. The van der Waals surface area contributed by atoms with Gasteiger partial charge in [0, 0.05) is 6.42 Å². The van der Waals surface area contributed by atoms with Crippen molar-refractivity contribution in [2.45, 2.75) is 26.2 Å². The van der Waals surface area contributed by atoms with E-state index in [9.17, 15) is 13.6 Å². The minimum Gasteiger partial charge on any atom is -0.494 e. The second kappa shape index (κ2) is 7.05. The molecule has 0 radical (unpaired) electrons. The van der Waals surface area contributed by atoms with E-state index < -0.39 is 17.3 Å². The van der Waals surface area contributed by atoms with E-state index in [1.165, 1.54) is 13.2 Å². The minimum absolute atomic E-state index is 0.0318. The Morgan fingerprint density at radius 2 is 1.88 bits per heavy atom. The summed E-state index contributed by atoms with van der Waals surface area (Å²) < 4.78 is 38.5. The van der Waals surface area contributed by atoms with Crippen LogP contribution in [-0.2, 0) is 19.3 Å². The second-order valence-electron chi connectivity index (χ2n) is 5.83. The molecule has 130 valence electrons. The van der Waals surface area contributed by atoms with Crippen LogP contribution in [-0.4, -0.2) is 7.11 Å². The lowest BCUT2D eigenvalue weighted by atomic mass is 10.0. The lowest BCUT2D eigenvalue weighted by molar-refractivity contribution is 0.386. The molecule has 0 N–H and O–H groups in total. The summed E-state index contributed by atoms with van der Waals surface area (Å²) in [6.45, 7) is 1.86. The topological polar surface area (TPSA) is 39.4 Å². The Morgan fingerprint density at radius 1 is 1.08 bits per heavy atom. The van der Waals surface area contributed by atoms with Crippen LogP contribution in [0.3, 0.4) is 0 Å². The Kier molecular flexibility index (Phi) is 4.83. The van der Waals surface area contributed by atoms with Crippen LogP contribution in [0.25, 0.3) is 10.8 Å². The second-order valence-corrected chi connectivity index (χ2v) is 5.83. The van der Waals surface area contributed by atoms with E-state index in [1.807, 2.05) is 6.92 Å². The number of ether oxygens (including phenoxy) is 1. The van der Waals surface area contributed by atoms with Crippen molar-refractivity contribution in [3.63, 3.8) is 0 Å². The van der Waals surface area contributed by atoms with Gasteiger partial charge < -0.3 is 9.15 Å². The van der Waals surface area contributed by atoms with Gasteiger partial charge in [-0.25, -0.2) is 13.6 Å². The van der Waals surface area contributed by atoms with Gasteiger partial charge in [0.15, 0.2) is 11.6 Å². The van der Waals surface area contributed by atoms with Crippen LogP contribution in [0.15, 0.2) is 45.6 Å². The number of rotatable bonds is 5. The zero-order chi connectivity index (χ0) is 18.0. The predicted octanol–water partition coefficient (Wildman–Crippen LogP) is 4.43. The van der Waals surface area contributed by atoms with E-state index in [1.54, 1.807) is 30.3 Å². The molecule has 5 heteroatoms. The molecular formula is C20H18F2O3. The third-order valence-corrected chi connectivity index (χ3v) is 4.25. The monoisotopic (exact) mass is 344 g/mol. The number of fused-ring (bicyclic) bond motifs is 1. The maximum atomic E-state index is 14.7. The van der Waals surface area contributed by atoms with Crippen LogP contribution in [0.2, 0.25) is 0 Å². The molecule has 2 aromatic carbocycles. The number of hydrogen-bond donors (Lipinski definition) is 0. The first-order valence-corrected chi connectivity index (χ1v) is 8.10. The molecule has 0 amide bonds. The first-order chi connectivity index (χ1) is 12.0. The quantitative estimate of drug-likeness (QED) is 0.687. The molecule has 0 aliphatic heterocycles. The van der Waals surface area contributed by atoms with Gasteiger partial charge in [0.05, 0.1) is 7.11 Å². The van der Waals surface area contributed by atoms with Gasteiger partial charge in [-0.1, -0.05) is 25.1 Å². The van der Waals surface area contributed by atoms with Crippen LogP contribution in [0.4, 0.5) is 8.78 Å². The summed E-state index contributed by atoms with van der Waals surface area (Å²) in [4.78, 5) is 12.1. The standard InChI is InChI=1S/C20H18F2O3/c1-3-15-11-14-8-7-13(19(22)18(14)20(23)25-15)6-4-12-5-9-17(24-2)16(21)10-12/h5,7-11H,3-4,6H2,1-2H3. The fourth-order valence-electron chi connectivity index (χ4n) is 2.85. The normalized spacial score (nSPS) is 11.0. The average molecular weight is 344 g/mol. The molecular weight excluding hydrogens is 326 g/mol. The van der Waals surface area contributed by atoms with Crippen molar-refractivity contribution < 1.29 is 17.9 Å². The Morgan fingerprint density at radius 3 is 2.56 bits per heavy atom. The van der Waals surface area contributed by atoms with Crippen LogP contribution in [0.1, 0.15) is 23.8 Å². The van der Waals surface area contributed by atoms with E-state index in [0.29, 0.717) is 36.0 Å². The third kappa shape index (κ3) is 3.40. The van der Waals surface area contributed by atoms with E-state index in [2.05, 4.69) is 0 Å². The molecule has 0 fully saturated rings. The van der Waals surface area contributed by atoms with Crippen molar-refractivity contribution in [1.82, 2.24) is 0 Å². The van der Waals surface area contributed by atoms with Crippen molar-refractivity contribution in [2.75, 3.05) is 7.11 Å². The SMILES string of the molecule is CCc1cc2ccc(CCc3ccc(OC)c(F)c3)c(F)c2c(=O)o1. The summed E-state index contributed by atoms with van der Waals surface area (Å²) in [5.41, 5.74) is 0.468. The van der Waals surface area contributed by atoms with Gasteiger partial charge in [0.1, 0.15) is 17.0 Å². The number of benzene rings is 2. The molecule has 0 atom stereocenters. The maximum absolute atomic E-state index is 14.7. The molecule has 25 heavy (non-hydrogen) atoms. The number of hydrogen-bond acceptors (Lipinski definition) is 3. The van der Waals surface area contributed by atoms with Gasteiger partial charge in [-0.05, 0) is 47.6 Å². The Labute approximate surface area is 143 Å². The van der Waals surface area contributed by atoms with E-state index in [-0.39, 0.29) is 11.1 Å². The smallest absolute Gasteiger partial charge is 0.346 e. The van der Waals surface area contributed by atoms with Crippen molar-refractivity contribution in [2.24, 2.45) is 0 Å². The molecule has 0 aliphatic carbocycles. The van der Waals surface area contributed by atoms with Gasteiger partial charge in [-0.2, -0.15) is 0 Å². The fraction of sp³-hybridized carbons (Fsp3) is 0.250. The van der Waals surface area contributed by atoms with E-state index >= 15 is 0 Å². The number of halogens is 2. The summed E-state index contributed by atoms with van der Waals surface area (Å²) in [7, 11) is 1.40. The summed E-state index contributed by atoms with van der Waals surface area (Å²) >= 11 is 0. The molecule has 0 saturated heterocycles. The highest BCUT2D eigenvalue weighted by Crippen LogP contribution is 2.22. The summed E-state index contributed by atoms with van der Waals surface area (Å²) in [6, 6.07) is 9.72. The first-order valence-electron chi connectivity index (χ1n) is 8.10. The highest BCUT2D eigenvalue weighted by molar-refractivity contribution is 5.82. The summed E-state index contributed by atoms with van der Waals surface area (Å²) in [6.07, 6.45) is 1.36. The van der Waals surface area contributed by atoms with Crippen molar-refractivity contribution >= 4 is 10.8 Å². The molecule has 0 unspecified atom stereocenters. The molecule has 1 aromatic heterocycles. The predicted molar refractivity (Wildman–Crippen MR) is 92.2 cm³/mol.